The van der Waals surface area contributed by atoms with Crippen LogP contribution in [-0.2, 0) is 20.5 Å². The smallest absolute Gasteiger partial charge is 0.422 e. The monoisotopic (exact) mass is 376 g/mol. The maximum absolute atomic E-state index is 13.4. The SMILES string of the molecule is CC(C)(C)NC(=O)CC1OC(=O)N(c2ccc(F)c(C(F)(F)F)c2)C1=O. The highest BCUT2D eigenvalue weighted by atomic mass is 19.4. The molecule has 1 unspecified atom stereocenters. The summed E-state index contributed by atoms with van der Waals surface area (Å²) in [7, 11) is 0. The van der Waals surface area contributed by atoms with E-state index in [2.05, 4.69) is 5.32 Å². The molecule has 10 heteroatoms. The van der Waals surface area contributed by atoms with Gasteiger partial charge >= 0.3 is 12.3 Å². The lowest BCUT2D eigenvalue weighted by Gasteiger charge is -2.21. The minimum Gasteiger partial charge on any atom is -0.435 e. The molecule has 1 saturated heterocycles. The van der Waals surface area contributed by atoms with Gasteiger partial charge in [0.1, 0.15) is 5.82 Å². The van der Waals surface area contributed by atoms with Crippen molar-refractivity contribution in [3.63, 3.8) is 0 Å². The number of anilines is 1. The molecule has 142 valence electrons. The van der Waals surface area contributed by atoms with Crippen LogP contribution in [0.25, 0.3) is 0 Å². The topological polar surface area (TPSA) is 75.7 Å². The first-order valence-corrected chi connectivity index (χ1v) is 7.52. The number of amides is 3. The Labute approximate surface area is 146 Å². The summed E-state index contributed by atoms with van der Waals surface area (Å²) in [6, 6.07) is 1.69. The van der Waals surface area contributed by atoms with Crippen LogP contribution in [0.5, 0.6) is 0 Å². The van der Waals surface area contributed by atoms with Crippen molar-refractivity contribution in [1.29, 1.82) is 0 Å². The molecule has 1 aliphatic rings. The number of cyclic esters (lactones) is 1. The Balaban J connectivity index is 2.23. The first-order chi connectivity index (χ1) is 11.8. The number of hydrogen-bond donors (Lipinski definition) is 1. The van der Waals surface area contributed by atoms with Gasteiger partial charge < -0.3 is 10.1 Å². The normalized spacial score (nSPS) is 18.1. The number of halogens is 4. The third kappa shape index (κ3) is 4.30. The van der Waals surface area contributed by atoms with Crippen molar-refractivity contribution in [2.75, 3.05) is 4.90 Å². The molecule has 1 N–H and O–H groups in total. The second-order valence-corrected chi connectivity index (χ2v) is 6.71. The summed E-state index contributed by atoms with van der Waals surface area (Å²) < 4.78 is 56.6. The van der Waals surface area contributed by atoms with Gasteiger partial charge in [-0.25, -0.2) is 14.1 Å². The van der Waals surface area contributed by atoms with Crippen LogP contribution < -0.4 is 10.2 Å². The van der Waals surface area contributed by atoms with E-state index in [0.29, 0.717) is 17.0 Å². The number of carbonyl (C=O) groups excluding carboxylic acids is 3. The van der Waals surface area contributed by atoms with Crippen molar-refractivity contribution >= 4 is 23.6 Å². The average molecular weight is 376 g/mol. The van der Waals surface area contributed by atoms with Crippen molar-refractivity contribution < 1.29 is 36.7 Å². The Morgan fingerprint density at radius 1 is 1.23 bits per heavy atom. The van der Waals surface area contributed by atoms with Crippen molar-refractivity contribution in [3.8, 4) is 0 Å². The van der Waals surface area contributed by atoms with Crippen LogP contribution in [0.4, 0.5) is 28.0 Å². The molecule has 1 fully saturated rings. The highest BCUT2D eigenvalue weighted by Gasteiger charge is 2.44. The second kappa shape index (κ2) is 6.58. The molecule has 0 saturated carbocycles. The predicted octanol–water partition coefficient (Wildman–Crippen LogP) is 3.00. The molecule has 1 aromatic carbocycles. The van der Waals surface area contributed by atoms with Gasteiger partial charge in [0.05, 0.1) is 17.7 Å². The van der Waals surface area contributed by atoms with E-state index in [-0.39, 0.29) is 0 Å². The van der Waals surface area contributed by atoms with Crippen molar-refractivity contribution in [2.24, 2.45) is 0 Å². The maximum Gasteiger partial charge on any atom is 0.422 e. The number of ether oxygens (including phenoxy) is 1. The molecular formula is C16H16F4N2O4. The Morgan fingerprint density at radius 3 is 2.38 bits per heavy atom. The van der Waals surface area contributed by atoms with E-state index in [9.17, 15) is 31.9 Å². The Hall–Kier alpha value is -2.65. The third-order valence-corrected chi connectivity index (χ3v) is 3.32. The van der Waals surface area contributed by atoms with Crippen molar-refractivity contribution in [1.82, 2.24) is 5.32 Å². The van der Waals surface area contributed by atoms with E-state index in [1.165, 1.54) is 0 Å². The molecule has 1 aromatic rings. The summed E-state index contributed by atoms with van der Waals surface area (Å²) in [4.78, 5) is 36.4. The van der Waals surface area contributed by atoms with Crippen LogP contribution in [-0.4, -0.2) is 29.6 Å². The van der Waals surface area contributed by atoms with E-state index >= 15 is 0 Å². The molecule has 1 heterocycles. The summed E-state index contributed by atoms with van der Waals surface area (Å²) in [5, 5.41) is 2.57. The Morgan fingerprint density at radius 2 is 1.85 bits per heavy atom. The molecule has 26 heavy (non-hydrogen) atoms. The van der Waals surface area contributed by atoms with Gasteiger partial charge in [-0.2, -0.15) is 13.2 Å². The van der Waals surface area contributed by atoms with E-state index in [1.807, 2.05) is 0 Å². The Bertz CT molecular complexity index is 756. The van der Waals surface area contributed by atoms with Gasteiger partial charge in [0, 0.05) is 5.54 Å². The van der Waals surface area contributed by atoms with Crippen LogP contribution in [0.3, 0.4) is 0 Å². The molecule has 0 bridgehead atoms. The van der Waals surface area contributed by atoms with E-state index in [1.54, 1.807) is 20.8 Å². The van der Waals surface area contributed by atoms with Gasteiger partial charge in [0.2, 0.25) is 5.91 Å². The lowest BCUT2D eigenvalue weighted by atomic mass is 10.1. The summed E-state index contributed by atoms with van der Waals surface area (Å²) >= 11 is 0. The van der Waals surface area contributed by atoms with Crippen LogP contribution >= 0.6 is 0 Å². The fourth-order valence-electron chi connectivity index (χ4n) is 2.33. The summed E-state index contributed by atoms with van der Waals surface area (Å²) in [5.41, 5.74) is -2.70. The van der Waals surface area contributed by atoms with Gasteiger partial charge in [-0.3, -0.25) is 9.59 Å². The Kier molecular flexibility index (Phi) is 4.98. The van der Waals surface area contributed by atoms with E-state index in [0.717, 1.165) is 6.07 Å². The molecule has 2 rings (SSSR count). The zero-order valence-electron chi connectivity index (χ0n) is 14.1. The number of nitrogens with zero attached hydrogens (tertiary/aromatic N) is 1. The molecular weight excluding hydrogens is 360 g/mol. The number of hydrogen-bond acceptors (Lipinski definition) is 4. The van der Waals surface area contributed by atoms with Gasteiger partial charge in [0.15, 0.2) is 6.10 Å². The first-order valence-electron chi connectivity index (χ1n) is 7.52. The number of benzene rings is 1. The molecule has 0 aliphatic carbocycles. The molecule has 3 amide bonds. The number of rotatable bonds is 3. The highest BCUT2D eigenvalue weighted by Crippen LogP contribution is 2.35. The predicted molar refractivity (Wildman–Crippen MR) is 81.7 cm³/mol. The molecule has 0 spiro atoms. The first kappa shape index (κ1) is 19.7. The molecule has 6 nitrogen and oxygen atoms in total. The fourth-order valence-corrected chi connectivity index (χ4v) is 2.33. The van der Waals surface area contributed by atoms with Crippen LogP contribution in [0.2, 0.25) is 0 Å². The summed E-state index contributed by atoms with van der Waals surface area (Å²) in [6.07, 6.45) is -8.18. The second-order valence-electron chi connectivity index (χ2n) is 6.71. The van der Waals surface area contributed by atoms with Crippen LogP contribution in [0.1, 0.15) is 32.8 Å². The highest BCUT2D eigenvalue weighted by molar-refractivity contribution is 6.18. The lowest BCUT2D eigenvalue weighted by molar-refractivity contribution is -0.140. The van der Waals surface area contributed by atoms with Gasteiger partial charge in [-0.05, 0) is 39.0 Å². The standard InChI is InChI=1S/C16H16F4N2O4/c1-15(2,3)21-12(23)7-11-13(24)22(14(25)26-11)8-4-5-10(17)9(6-8)16(18,19)20/h4-6,11H,7H2,1-3H3,(H,21,23). The lowest BCUT2D eigenvalue weighted by Crippen LogP contribution is -2.43. The van der Waals surface area contributed by atoms with E-state index < -0.39 is 59.2 Å². The zero-order valence-corrected chi connectivity index (χ0v) is 14.1. The van der Waals surface area contributed by atoms with Crippen molar-refractivity contribution in [3.05, 3.63) is 29.6 Å². The molecule has 0 aromatic heterocycles. The third-order valence-electron chi connectivity index (χ3n) is 3.32. The number of alkyl halides is 3. The maximum atomic E-state index is 13.4. The van der Waals surface area contributed by atoms with Crippen LogP contribution in [0, 0.1) is 5.82 Å². The molecule has 1 atom stereocenters. The van der Waals surface area contributed by atoms with Gasteiger partial charge in [-0.1, -0.05) is 0 Å². The van der Waals surface area contributed by atoms with Crippen LogP contribution in [0.15, 0.2) is 18.2 Å². The minimum atomic E-state index is -5.00. The quantitative estimate of drug-likeness (QED) is 0.823. The number of carbonyl (C=O) groups is 3. The zero-order chi connectivity index (χ0) is 19.9. The number of nitrogens with one attached hydrogen (secondary N) is 1. The molecule has 1 aliphatic heterocycles. The largest absolute Gasteiger partial charge is 0.435 e. The summed E-state index contributed by atoms with van der Waals surface area (Å²) in [5.74, 6) is -3.11. The van der Waals surface area contributed by atoms with Gasteiger partial charge in [0.25, 0.3) is 5.91 Å². The average Bonchev–Trinajstić information content (AvgIpc) is 2.71. The van der Waals surface area contributed by atoms with E-state index in [4.69, 9.17) is 4.74 Å². The van der Waals surface area contributed by atoms with Crippen molar-refractivity contribution in [2.45, 2.75) is 45.0 Å². The fraction of sp³-hybridized carbons (Fsp3) is 0.438. The minimum absolute atomic E-state index is 0.339. The number of imide groups is 1. The van der Waals surface area contributed by atoms with Gasteiger partial charge in [-0.15, -0.1) is 0 Å². The summed E-state index contributed by atoms with van der Waals surface area (Å²) in [6.45, 7) is 5.12. The molecule has 0 radical (unpaired) electrons.